The first-order chi connectivity index (χ1) is 70.9. The lowest BCUT2D eigenvalue weighted by molar-refractivity contribution is 0.0325. The summed E-state index contributed by atoms with van der Waals surface area (Å²) in [6, 6.07) is 58.5. The van der Waals surface area contributed by atoms with Crippen molar-refractivity contribution in [1.82, 2.24) is 0 Å². The molecule has 10 aromatic rings. The largest absolute Gasteiger partial charge is 0.493 e. The Bertz CT molecular complexity index is 4720. The van der Waals surface area contributed by atoms with Gasteiger partial charge in [0.25, 0.3) is 0 Å². The van der Waals surface area contributed by atoms with E-state index in [-0.39, 0.29) is 96.3 Å². The molecule has 0 saturated carbocycles. The maximum absolute atomic E-state index is 9.71. The molecule has 10 rings (SSSR count). The topological polar surface area (TPSA) is 199 Å². The molecule has 3 N–H and O–H groups in total. The molecule has 830 valence electrons. The van der Waals surface area contributed by atoms with Crippen LogP contribution in [0.25, 0.3) is 0 Å². The van der Waals surface area contributed by atoms with Crippen molar-refractivity contribution < 1.29 is 86.4 Å². The van der Waals surface area contributed by atoms with Gasteiger partial charge in [0.2, 0.25) is 0 Å². The van der Waals surface area contributed by atoms with Crippen LogP contribution in [0.4, 0.5) is 0 Å². The van der Waals surface area contributed by atoms with Gasteiger partial charge in [-0.1, -0.05) is 294 Å². The number of ether oxygens (including phenoxy) is 15. The van der Waals surface area contributed by atoms with Crippen LogP contribution < -0.4 is 47.4 Å². The van der Waals surface area contributed by atoms with E-state index in [9.17, 15) is 15.3 Å². The summed E-state index contributed by atoms with van der Waals surface area (Å²) in [5.41, 5.74) is 8.81. The van der Waals surface area contributed by atoms with Crippen molar-refractivity contribution in [2.75, 3.05) is 164 Å². The first kappa shape index (κ1) is 133. The highest BCUT2D eigenvalue weighted by Crippen LogP contribution is 2.48. The van der Waals surface area contributed by atoms with Gasteiger partial charge in [-0.2, -0.15) is 0 Å². The van der Waals surface area contributed by atoms with Crippen molar-refractivity contribution in [2.45, 2.75) is 163 Å². The number of hydrogen-bond acceptors (Lipinski definition) is 18. The van der Waals surface area contributed by atoms with E-state index in [2.05, 4.69) is 107 Å². The number of aliphatic hydroxyl groups excluding tert-OH is 3. The SMILES string of the molecule is COCC(O)COc1ccc(C(C)(C)c2cc(Cl)c(OCC(C)CCl)c(Cl)c2)cc1.COC[C@@H](C)COc1ccc(C(C)(C)c2cc(Cl)c(OC[C@@H](C)CCl)c(Cl)c2)cc1.COC[C@@H](O)COc1ccc(C(C)(C)c2cc(Cl)c(OC[C@H](C)CCl)c(Cl)c2)cc1.COC[C@H](C)COc1ccc(C(C)(C)c2cc(Cl)c(OC[C@H](C)CCl)c(Cl)c2)cc1.COC[C@H](O)COc1ccc(C(C)(C)c2cc(Cl)c(OC[C@@H](C)CCl)c(Cl)c2)cc1. The van der Waals surface area contributed by atoms with Crippen LogP contribution in [0.3, 0.4) is 0 Å². The Morgan fingerprint density at radius 1 is 0.187 bits per heavy atom. The molecule has 0 spiro atoms. The van der Waals surface area contributed by atoms with Crippen LogP contribution in [0.15, 0.2) is 182 Å². The lowest BCUT2D eigenvalue weighted by atomic mass is 9.78. The Hall–Kier alpha value is -5.77. The molecule has 2 unspecified atom stereocenters. The summed E-state index contributed by atoms with van der Waals surface area (Å²) in [5.74, 6) is 10.4. The quantitative estimate of drug-likeness (QED) is 0.0304. The van der Waals surface area contributed by atoms with Gasteiger partial charge in [0.15, 0.2) is 28.7 Å². The van der Waals surface area contributed by atoms with Gasteiger partial charge < -0.3 is 86.4 Å². The van der Waals surface area contributed by atoms with Crippen LogP contribution in [0.2, 0.25) is 50.2 Å². The van der Waals surface area contributed by atoms with Crippen LogP contribution in [0.1, 0.15) is 173 Å². The van der Waals surface area contributed by atoms with Gasteiger partial charge in [-0.3, -0.25) is 0 Å². The molecule has 0 fully saturated rings. The minimum absolute atomic E-state index is 0.172. The fourth-order valence-electron chi connectivity index (χ4n) is 14.8. The van der Waals surface area contributed by atoms with Crippen molar-refractivity contribution in [1.29, 1.82) is 0 Å². The fourth-order valence-corrected chi connectivity index (χ4v) is 18.2. The van der Waals surface area contributed by atoms with Crippen LogP contribution in [0, 0.1) is 41.4 Å². The predicted octanol–water partition coefficient (Wildman–Crippen LogP) is 32.3. The molecular weight excluding hydrogens is 2230 g/mol. The lowest BCUT2D eigenvalue weighted by Gasteiger charge is -2.27. The third-order valence-corrected chi connectivity index (χ3v) is 30.2. The number of benzene rings is 10. The van der Waals surface area contributed by atoms with E-state index in [1.165, 1.54) is 21.3 Å². The van der Waals surface area contributed by atoms with Crippen molar-refractivity contribution >= 4 is 174 Å². The maximum Gasteiger partial charge on any atom is 0.156 e. The summed E-state index contributed by atoms with van der Waals surface area (Å²) < 4.78 is 82.5. The molecule has 0 radical (unpaired) electrons. The monoisotopic (exact) mass is 2370 g/mol. The summed E-state index contributed by atoms with van der Waals surface area (Å²) in [6.07, 6.45) is -1.99. The Morgan fingerprint density at radius 3 is 0.453 bits per heavy atom. The number of halogens is 15. The molecule has 0 aliphatic heterocycles. The van der Waals surface area contributed by atoms with Gasteiger partial charge in [-0.15, -0.1) is 58.0 Å². The van der Waals surface area contributed by atoms with E-state index in [1.807, 2.05) is 192 Å². The lowest BCUT2D eigenvalue weighted by Crippen LogP contribution is -2.22. The van der Waals surface area contributed by atoms with Crippen LogP contribution in [-0.4, -0.2) is 198 Å². The zero-order valence-electron chi connectivity index (χ0n) is 89.9. The zero-order valence-corrected chi connectivity index (χ0v) is 101. The highest BCUT2D eigenvalue weighted by atomic mass is 35.5. The highest BCUT2D eigenvalue weighted by Gasteiger charge is 2.33. The molecule has 33 heteroatoms. The van der Waals surface area contributed by atoms with E-state index >= 15 is 0 Å². The molecule has 0 aliphatic carbocycles. The van der Waals surface area contributed by atoms with Gasteiger partial charge in [0.1, 0.15) is 66.9 Å². The third-order valence-electron chi connectivity index (χ3n) is 24.7. The average molecular weight is 2380 g/mol. The second kappa shape index (κ2) is 66.2. The second-order valence-corrected chi connectivity index (χ2v) is 46.1. The average Bonchev–Trinajstić information content (AvgIpc) is 0.800. The fraction of sp³-hybridized carbons (Fsp3) is 0.487. The predicted molar refractivity (Wildman–Crippen MR) is 625 cm³/mol. The molecule has 0 aliphatic rings. The Balaban J connectivity index is 0.000000286. The molecule has 150 heavy (non-hydrogen) atoms. The van der Waals surface area contributed by atoms with Crippen molar-refractivity contribution in [2.24, 2.45) is 41.4 Å². The number of aliphatic hydroxyl groups is 3. The number of alkyl halides is 5. The first-order valence-corrected chi connectivity index (χ1v) is 56.0. The summed E-state index contributed by atoms with van der Waals surface area (Å²) in [5, 5.41) is 34.0. The summed E-state index contributed by atoms with van der Waals surface area (Å²) in [6.45, 7) is 41.5. The molecule has 10 atom stereocenters. The molecule has 0 heterocycles. The highest BCUT2D eigenvalue weighted by molar-refractivity contribution is 6.40. The van der Waals surface area contributed by atoms with Crippen molar-refractivity contribution in [3.63, 3.8) is 0 Å². The van der Waals surface area contributed by atoms with Crippen LogP contribution in [0.5, 0.6) is 57.5 Å². The number of rotatable bonds is 55. The zero-order chi connectivity index (χ0) is 112. The molecule has 0 saturated heterocycles. The second-order valence-electron chi connectivity index (χ2n) is 40.4. The third kappa shape index (κ3) is 42.2. The Kier molecular flexibility index (Phi) is 58.6. The minimum atomic E-state index is -0.663. The normalized spacial score (nSPS) is 13.7. The number of hydrogen-bond donors (Lipinski definition) is 3. The molecule has 0 amide bonds. The van der Waals surface area contributed by atoms with E-state index in [4.69, 9.17) is 245 Å². The molecule has 0 aromatic heterocycles. The van der Waals surface area contributed by atoms with E-state index in [0.29, 0.717) is 197 Å². The van der Waals surface area contributed by atoms with E-state index in [1.54, 1.807) is 14.2 Å². The van der Waals surface area contributed by atoms with Gasteiger partial charge in [0.05, 0.1) is 130 Å². The Morgan fingerprint density at radius 2 is 0.320 bits per heavy atom. The van der Waals surface area contributed by atoms with Gasteiger partial charge >= 0.3 is 0 Å². The van der Waals surface area contributed by atoms with Gasteiger partial charge in [0, 0.05) is 133 Å². The minimum Gasteiger partial charge on any atom is -0.493 e. The standard InChI is InChI=1S/2C24H31Cl3O3.3C23H29Cl3O4/c2*1-16(12-25)14-30-23-21(26)10-19(11-22(23)27)24(3,4)18-6-8-20(9-7-18)29-15-17(2)13-28-5;3*1-15(11-24)12-30-22-20(25)9-17(10-21(22)26)23(2,3)16-5-7-19(8-6-16)29-14-18(27)13-28-4/h2*6-11,16-17H,12-15H2,1-5H3;3*5-10,15,18,27H,11-14H2,1-4H3/t2*16-,17+;2*15-,18-;/m1010./s1. The smallest absolute Gasteiger partial charge is 0.156 e. The molecule has 18 nitrogen and oxygen atoms in total. The van der Waals surface area contributed by atoms with Crippen molar-refractivity contribution in [3.8, 4) is 57.5 Å². The van der Waals surface area contributed by atoms with Crippen molar-refractivity contribution in [3.05, 3.63) is 288 Å². The summed E-state index contributed by atoms with van der Waals surface area (Å²) in [4.78, 5) is 0. The molecule has 10 aromatic carbocycles. The van der Waals surface area contributed by atoms with E-state index < -0.39 is 18.3 Å². The first-order valence-electron chi connectivity index (χ1n) is 49.5. The van der Waals surface area contributed by atoms with Gasteiger partial charge in [-0.05, 0) is 177 Å². The van der Waals surface area contributed by atoms with Crippen LogP contribution in [-0.2, 0) is 50.8 Å². The Labute approximate surface area is 965 Å². The summed E-state index contributed by atoms with van der Waals surface area (Å²) >= 11 is 94.1. The van der Waals surface area contributed by atoms with E-state index in [0.717, 1.165) is 67.1 Å². The van der Waals surface area contributed by atoms with Gasteiger partial charge in [-0.25, -0.2) is 0 Å². The van der Waals surface area contributed by atoms with Crippen LogP contribution >= 0.6 is 174 Å². The number of methoxy groups -OCH3 is 5. The molecule has 0 bridgehead atoms. The molecular formula is C117H149Cl15O18. The summed E-state index contributed by atoms with van der Waals surface area (Å²) in [7, 11) is 8.02. The maximum atomic E-state index is 9.71.